The fraction of sp³-hybridized carbons (Fsp3) is 0.924. The van der Waals surface area contributed by atoms with Gasteiger partial charge in [-0.15, -0.1) is 0 Å². The Labute approximate surface area is 450 Å². The molecule has 0 aromatic carbocycles. The third-order valence-electron chi connectivity index (χ3n) is 15.0. The Bertz CT molecular complexity index is 1120. The van der Waals surface area contributed by atoms with Crippen LogP contribution >= 0.6 is 0 Å². The van der Waals surface area contributed by atoms with Crippen LogP contribution in [0.25, 0.3) is 0 Å². The van der Waals surface area contributed by atoms with Crippen molar-refractivity contribution >= 4 is 17.9 Å². The van der Waals surface area contributed by atoms with Crippen LogP contribution < -0.4 is 0 Å². The smallest absolute Gasteiger partial charge is 0.306 e. The first-order valence-corrected chi connectivity index (χ1v) is 32.7. The van der Waals surface area contributed by atoms with Crippen molar-refractivity contribution in [1.82, 2.24) is 0 Å². The van der Waals surface area contributed by atoms with Crippen molar-refractivity contribution in [3.8, 4) is 0 Å². The fourth-order valence-electron chi connectivity index (χ4n) is 10.1. The Kier molecular flexibility index (Phi) is 60.1. The van der Waals surface area contributed by atoms with Crippen LogP contribution in [0.1, 0.15) is 374 Å². The van der Waals surface area contributed by atoms with Crippen LogP contribution in [0.15, 0.2) is 12.2 Å². The first-order chi connectivity index (χ1) is 35.5. The molecule has 0 fully saturated rings. The number of esters is 3. The largest absolute Gasteiger partial charge is 0.462 e. The molecule has 426 valence electrons. The average molecular weight is 1020 g/mol. The van der Waals surface area contributed by atoms with Gasteiger partial charge in [0.15, 0.2) is 6.10 Å². The predicted octanol–water partition coefficient (Wildman–Crippen LogP) is 22.1. The number of carbonyl (C=O) groups is 3. The number of allylic oxidation sites excluding steroid dienone is 2. The van der Waals surface area contributed by atoms with Gasteiger partial charge in [-0.1, -0.05) is 322 Å². The molecule has 6 nitrogen and oxygen atoms in total. The van der Waals surface area contributed by atoms with Crippen molar-refractivity contribution in [1.29, 1.82) is 0 Å². The number of hydrogen-bond acceptors (Lipinski definition) is 6. The van der Waals surface area contributed by atoms with Crippen molar-refractivity contribution in [2.45, 2.75) is 380 Å². The Balaban J connectivity index is 4.00. The molecule has 0 aromatic heterocycles. The highest BCUT2D eigenvalue weighted by Crippen LogP contribution is 2.18. The zero-order valence-corrected chi connectivity index (χ0v) is 49.0. The molecule has 0 amide bonds. The van der Waals surface area contributed by atoms with Gasteiger partial charge in [-0.3, -0.25) is 14.4 Å². The lowest BCUT2D eigenvalue weighted by Crippen LogP contribution is -2.30. The topological polar surface area (TPSA) is 78.9 Å². The number of hydrogen-bond donors (Lipinski definition) is 0. The minimum Gasteiger partial charge on any atom is -0.462 e. The maximum atomic E-state index is 12.8. The van der Waals surface area contributed by atoms with Gasteiger partial charge >= 0.3 is 17.9 Å². The van der Waals surface area contributed by atoms with E-state index in [9.17, 15) is 14.4 Å². The van der Waals surface area contributed by atoms with Crippen molar-refractivity contribution in [3.05, 3.63) is 12.2 Å². The molecule has 0 radical (unpaired) electrons. The van der Waals surface area contributed by atoms with Crippen molar-refractivity contribution in [2.24, 2.45) is 0 Å². The maximum Gasteiger partial charge on any atom is 0.306 e. The summed E-state index contributed by atoms with van der Waals surface area (Å²) in [7, 11) is 0. The highest BCUT2D eigenvalue weighted by Gasteiger charge is 2.19. The van der Waals surface area contributed by atoms with E-state index >= 15 is 0 Å². The highest BCUT2D eigenvalue weighted by atomic mass is 16.6. The van der Waals surface area contributed by atoms with Crippen molar-refractivity contribution in [2.75, 3.05) is 13.2 Å². The van der Waals surface area contributed by atoms with Crippen LogP contribution in [0.4, 0.5) is 0 Å². The number of carbonyl (C=O) groups excluding carboxylic acids is 3. The molecule has 0 N–H and O–H groups in total. The molecule has 0 aromatic rings. The normalized spacial score (nSPS) is 12.0. The summed E-state index contributed by atoms with van der Waals surface area (Å²) >= 11 is 0. The molecule has 6 heteroatoms. The summed E-state index contributed by atoms with van der Waals surface area (Å²) in [4.78, 5) is 38.0. The molecule has 0 heterocycles. The van der Waals surface area contributed by atoms with Crippen LogP contribution in [0.2, 0.25) is 0 Å². The third kappa shape index (κ3) is 59.0. The SMILES string of the molecule is CCCCCCCCCC/C=C\CCCCCCCCCCCC(=O)OC(COC(=O)CCCCCCCC)COC(=O)CCCCCCCCCCCCCCCCCCCCCCCCCCCCC. The summed E-state index contributed by atoms with van der Waals surface area (Å²) in [6.45, 7) is 6.65. The monoisotopic (exact) mass is 1010 g/mol. The Hall–Kier alpha value is -1.85. The predicted molar refractivity (Wildman–Crippen MR) is 312 cm³/mol. The Morgan fingerprint density at radius 3 is 0.694 bits per heavy atom. The summed E-state index contributed by atoms with van der Waals surface area (Å²) in [5, 5.41) is 0. The summed E-state index contributed by atoms with van der Waals surface area (Å²) in [5.74, 6) is -0.851. The van der Waals surface area contributed by atoms with Gasteiger partial charge in [0.1, 0.15) is 13.2 Å². The first kappa shape index (κ1) is 70.1. The van der Waals surface area contributed by atoms with Gasteiger partial charge in [-0.25, -0.2) is 0 Å². The minimum atomic E-state index is -0.765. The Morgan fingerprint density at radius 2 is 0.458 bits per heavy atom. The second-order valence-corrected chi connectivity index (χ2v) is 22.4. The van der Waals surface area contributed by atoms with Gasteiger partial charge in [0.2, 0.25) is 0 Å². The molecular formula is C66H126O6. The molecule has 0 aliphatic carbocycles. The van der Waals surface area contributed by atoms with Crippen LogP contribution in [0.3, 0.4) is 0 Å². The molecule has 0 bridgehead atoms. The van der Waals surface area contributed by atoms with Crippen LogP contribution in [-0.2, 0) is 28.6 Å². The summed E-state index contributed by atoms with van der Waals surface area (Å²) < 4.78 is 16.8. The fourth-order valence-corrected chi connectivity index (χ4v) is 10.1. The van der Waals surface area contributed by atoms with E-state index in [-0.39, 0.29) is 31.1 Å². The van der Waals surface area contributed by atoms with E-state index < -0.39 is 6.10 Å². The van der Waals surface area contributed by atoms with Gasteiger partial charge in [0.25, 0.3) is 0 Å². The van der Waals surface area contributed by atoms with E-state index in [0.717, 1.165) is 57.8 Å². The number of ether oxygens (including phenoxy) is 3. The molecule has 0 aliphatic heterocycles. The van der Waals surface area contributed by atoms with E-state index in [2.05, 4.69) is 32.9 Å². The summed E-state index contributed by atoms with van der Waals surface area (Å²) in [5.41, 5.74) is 0. The molecular weight excluding hydrogens is 889 g/mol. The van der Waals surface area contributed by atoms with Gasteiger partial charge in [-0.05, 0) is 44.9 Å². The zero-order valence-electron chi connectivity index (χ0n) is 49.0. The molecule has 0 aliphatic rings. The second kappa shape index (κ2) is 61.7. The van der Waals surface area contributed by atoms with E-state index in [1.807, 2.05) is 0 Å². The Morgan fingerprint density at radius 1 is 0.264 bits per heavy atom. The molecule has 0 saturated carbocycles. The van der Waals surface area contributed by atoms with E-state index in [1.165, 1.54) is 276 Å². The highest BCUT2D eigenvalue weighted by molar-refractivity contribution is 5.71. The molecule has 0 spiro atoms. The first-order valence-electron chi connectivity index (χ1n) is 32.7. The van der Waals surface area contributed by atoms with Crippen molar-refractivity contribution < 1.29 is 28.6 Å². The molecule has 72 heavy (non-hydrogen) atoms. The summed E-state index contributed by atoms with van der Waals surface area (Å²) in [6, 6.07) is 0. The van der Waals surface area contributed by atoms with Gasteiger partial charge in [-0.2, -0.15) is 0 Å². The molecule has 1 atom stereocenters. The van der Waals surface area contributed by atoms with Crippen molar-refractivity contribution in [3.63, 3.8) is 0 Å². The third-order valence-corrected chi connectivity index (χ3v) is 15.0. The quantitative estimate of drug-likeness (QED) is 0.0261. The van der Waals surface area contributed by atoms with Crippen LogP contribution in [0.5, 0.6) is 0 Å². The van der Waals surface area contributed by atoms with E-state index in [4.69, 9.17) is 14.2 Å². The average Bonchev–Trinajstić information content (AvgIpc) is 3.38. The van der Waals surface area contributed by atoms with Gasteiger partial charge in [0, 0.05) is 19.3 Å². The van der Waals surface area contributed by atoms with Gasteiger partial charge < -0.3 is 14.2 Å². The molecule has 0 rings (SSSR count). The number of unbranched alkanes of at least 4 members (excludes halogenated alkanes) is 48. The summed E-state index contributed by atoms with van der Waals surface area (Å²) in [6.07, 6.45) is 72.7. The zero-order chi connectivity index (χ0) is 52.2. The lowest BCUT2D eigenvalue weighted by molar-refractivity contribution is -0.167. The van der Waals surface area contributed by atoms with E-state index in [1.54, 1.807) is 0 Å². The van der Waals surface area contributed by atoms with Gasteiger partial charge in [0.05, 0.1) is 0 Å². The standard InChI is InChI=1S/C66H126O6/c1-4-7-10-13-16-18-20-22-24-26-28-30-31-32-33-34-35-37-38-40-42-44-46-48-50-53-56-59-65(68)71-62-63(61-70-64(67)58-55-52-15-12-9-6-3)72-66(69)60-57-54-51-49-47-45-43-41-39-36-29-27-25-23-21-19-17-14-11-8-5-2/h27,29,63H,4-26,28,30-62H2,1-3H3/b29-27-. The van der Waals surface area contributed by atoms with Crippen LogP contribution in [0, 0.1) is 0 Å². The minimum absolute atomic E-state index is 0.0655. The van der Waals surface area contributed by atoms with E-state index in [0.29, 0.717) is 19.3 Å². The number of rotatable bonds is 61. The second-order valence-electron chi connectivity index (χ2n) is 22.4. The molecule has 0 saturated heterocycles. The molecule has 1 unspecified atom stereocenters. The lowest BCUT2D eigenvalue weighted by atomic mass is 10.0. The lowest BCUT2D eigenvalue weighted by Gasteiger charge is -2.18. The maximum absolute atomic E-state index is 12.8. The van der Waals surface area contributed by atoms with Crippen LogP contribution in [-0.4, -0.2) is 37.2 Å².